The van der Waals surface area contributed by atoms with Gasteiger partial charge in [-0.05, 0) is 23.6 Å². The molecule has 0 atom stereocenters. The predicted octanol–water partition coefficient (Wildman–Crippen LogP) is 2.38. The van der Waals surface area contributed by atoms with E-state index in [1.54, 1.807) is 35.9 Å². The first-order chi connectivity index (χ1) is 9.24. The fourth-order valence-corrected chi connectivity index (χ4v) is 3.15. The minimum Gasteiger partial charge on any atom is -0.366 e. The second kappa shape index (κ2) is 4.78. The van der Waals surface area contributed by atoms with E-state index >= 15 is 0 Å². The maximum absolute atomic E-state index is 11.4. The molecular weight excluding hydrogens is 258 g/mol. The van der Waals surface area contributed by atoms with Crippen LogP contribution in [0.3, 0.4) is 0 Å². The Hall–Kier alpha value is -2.27. The number of primary amides is 1. The standard InChI is InChI=1S/C14H11N3OS/c15-14(18)11-4-1-3-9-7-10(19-13(9)11)8-12-16-5-2-6-17-12/h1-7H,8H2,(H2,15,18). The summed E-state index contributed by atoms with van der Waals surface area (Å²) in [5.41, 5.74) is 5.96. The van der Waals surface area contributed by atoms with Crippen molar-refractivity contribution in [1.82, 2.24) is 9.97 Å². The molecular formula is C14H11N3OS. The number of rotatable bonds is 3. The number of hydrogen-bond acceptors (Lipinski definition) is 4. The SMILES string of the molecule is NC(=O)c1cccc2cc(Cc3ncccn3)sc12. The second-order valence-electron chi connectivity index (χ2n) is 4.14. The number of nitrogens with two attached hydrogens (primary N) is 1. The number of nitrogens with zero attached hydrogens (tertiary/aromatic N) is 2. The summed E-state index contributed by atoms with van der Waals surface area (Å²) in [5.74, 6) is 0.379. The smallest absolute Gasteiger partial charge is 0.250 e. The average molecular weight is 269 g/mol. The number of amides is 1. The molecule has 2 heterocycles. The van der Waals surface area contributed by atoms with Gasteiger partial charge in [0, 0.05) is 28.4 Å². The summed E-state index contributed by atoms with van der Waals surface area (Å²) in [6.45, 7) is 0. The molecule has 0 unspecified atom stereocenters. The van der Waals surface area contributed by atoms with Crippen LogP contribution in [0.25, 0.3) is 10.1 Å². The number of carbonyl (C=O) groups is 1. The molecule has 0 aliphatic carbocycles. The number of benzene rings is 1. The summed E-state index contributed by atoms with van der Waals surface area (Å²) >= 11 is 1.57. The van der Waals surface area contributed by atoms with Crippen molar-refractivity contribution in [3.63, 3.8) is 0 Å². The first kappa shape index (κ1) is 11.8. The van der Waals surface area contributed by atoms with Crippen LogP contribution in [-0.4, -0.2) is 15.9 Å². The lowest BCUT2D eigenvalue weighted by Gasteiger charge is -1.96. The Balaban J connectivity index is 2.03. The van der Waals surface area contributed by atoms with Gasteiger partial charge in [0.15, 0.2) is 0 Å². The summed E-state index contributed by atoms with van der Waals surface area (Å²) in [6.07, 6.45) is 4.12. The highest BCUT2D eigenvalue weighted by molar-refractivity contribution is 7.19. The molecule has 1 aromatic carbocycles. The van der Waals surface area contributed by atoms with Crippen molar-refractivity contribution in [2.24, 2.45) is 5.73 Å². The molecule has 2 aromatic heterocycles. The van der Waals surface area contributed by atoms with Gasteiger partial charge in [-0.3, -0.25) is 4.79 Å². The molecule has 94 valence electrons. The van der Waals surface area contributed by atoms with Gasteiger partial charge in [-0.2, -0.15) is 0 Å². The fourth-order valence-electron chi connectivity index (χ4n) is 1.97. The summed E-state index contributed by atoms with van der Waals surface area (Å²) in [4.78, 5) is 20.9. The van der Waals surface area contributed by atoms with Crippen LogP contribution in [0.15, 0.2) is 42.7 Å². The van der Waals surface area contributed by atoms with E-state index in [4.69, 9.17) is 5.73 Å². The molecule has 0 spiro atoms. The largest absolute Gasteiger partial charge is 0.366 e. The van der Waals surface area contributed by atoms with E-state index in [9.17, 15) is 4.79 Å². The van der Waals surface area contributed by atoms with Gasteiger partial charge in [-0.15, -0.1) is 11.3 Å². The van der Waals surface area contributed by atoms with Crippen molar-refractivity contribution in [3.05, 3.63) is 59.0 Å². The first-order valence-corrected chi connectivity index (χ1v) is 6.63. The Morgan fingerprint density at radius 3 is 2.74 bits per heavy atom. The minimum absolute atomic E-state index is 0.394. The molecule has 0 aliphatic rings. The normalized spacial score (nSPS) is 10.7. The molecule has 5 heteroatoms. The van der Waals surface area contributed by atoms with Crippen LogP contribution in [0, 0.1) is 0 Å². The third kappa shape index (κ3) is 2.32. The van der Waals surface area contributed by atoms with Gasteiger partial charge in [-0.25, -0.2) is 9.97 Å². The third-order valence-corrected chi connectivity index (χ3v) is 4.00. The zero-order valence-electron chi connectivity index (χ0n) is 10.0. The van der Waals surface area contributed by atoms with E-state index in [0.717, 1.165) is 20.8 Å². The van der Waals surface area contributed by atoms with Crippen LogP contribution < -0.4 is 5.73 Å². The van der Waals surface area contributed by atoms with Crippen LogP contribution >= 0.6 is 11.3 Å². The molecule has 0 aliphatic heterocycles. The van der Waals surface area contributed by atoms with Gasteiger partial charge >= 0.3 is 0 Å². The van der Waals surface area contributed by atoms with E-state index < -0.39 is 5.91 Å². The van der Waals surface area contributed by atoms with E-state index in [1.807, 2.05) is 12.1 Å². The second-order valence-corrected chi connectivity index (χ2v) is 5.28. The maximum atomic E-state index is 11.4. The molecule has 0 saturated heterocycles. The van der Waals surface area contributed by atoms with Crippen molar-refractivity contribution in [2.45, 2.75) is 6.42 Å². The van der Waals surface area contributed by atoms with Gasteiger partial charge in [0.05, 0.1) is 5.56 Å². The lowest BCUT2D eigenvalue weighted by atomic mass is 10.1. The monoisotopic (exact) mass is 269 g/mol. The summed E-state index contributed by atoms with van der Waals surface area (Å²) in [5, 5.41) is 1.03. The van der Waals surface area contributed by atoms with Crippen LogP contribution in [0.1, 0.15) is 21.1 Å². The molecule has 0 radical (unpaired) electrons. The summed E-state index contributed by atoms with van der Waals surface area (Å²) in [7, 11) is 0. The quantitative estimate of drug-likeness (QED) is 0.793. The number of aromatic nitrogens is 2. The maximum Gasteiger partial charge on any atom is 0.250 e. The van der Waals surface area contributed by atoms with Gasteiger partial charge in [-0.1, -0.05) is 12.1 Å². The molecule has 0 fully saturated rings. The lowest BCUT2D eigenvalue weighted by Crippen LogP contribution is -2.10. The van der Waals surface area contributed by atoms with Gasteiger partial charge in [0.1, 0.15) is 5.82 Å². The van der Waals surface area contributed by atoms with Crippen molar-refractivity contribution in [1.29, 1.82) is 0 Å². The number of fused-ring (bicyclic) bond motifs is 1. The molecule has 19 heavy (non-hydrogen) atoms. The Labute approximate surface area is 113 Å². The molecule has 2 N–H and O–H groups in total. The summed E-state index contributed by atoms with van der Waals surface area (Å²) in [6, 6.07) is 9.43. The number of thiophene rings is 1. The van der Waals surface area contributed by atoms with Crippen LogP contribution in [-0.2, 0) is 6.42 Å². The average Bonchev–Trinajstić information content (AvgIpc) is 2.81. The van der Waals surface area contributed by atoms with E-state index in [2.05, 4.69) is 16.0 Å². The highest BCUT2D eigenvalue weighted by atomic mass is 32.1. The van der Waals surface area contributed by atoms with Crippen molar-refractivity contribution >= 4 is 27.3 Å². The van der Waals surface area contributed by atoms with Gasteiger partial charge in [0.25, 0.3) is 0 Å². The Bertz CT molecular complexity index is 737. The van der Waals surface area contributed by atoms with Crippen LogP contribution in [0.2, 0.25) is 0 Å². The van der Waals surface area contributed by atoms with Gasteiger partial charge in [0.2, 0.25) is 5.91 Å². The molecule has 4 nitrogen and oxygen atoms in total. The Morgan fingerprint density at radius 1 is 1.21 bits per heavy atom. The zero-order chi connectivity index (χ0) is 13.2. The predicted molar refractivity (Wildman–Crippen MR) is 75.2 cm³/mol. The van der Waals surface area contributed by atoms with E-state index in [-0.39, 0.29) is 0 Å². The Kier molecular flexibility index (Phi) is 2.97. The molecule has 0 saturated carbocycles. The van der Waals surface area contributed by atoms with E-state index in [1.165, 1.54) is 0 Å². The lowest BCUT2D eigenvalue weighted by molar-refractivity contribution is 0.100. The van der Waals surface area contributed by atoms with Crippen LogP contribution in [0.4, 0.5) is 0 Å². The third-order valence-electron chi connectivity index (χ3n) is 2.81. The first-order valence-electron chi connectivity index (χ1n) is 5.81. The van der Waals surface area contributed by atoms with Crippen LogP contribution in [0.5, 0.6) is 0 Å². The van der Waals surface area contributed by atoms with E-state index in [0.29, 0.717) is 12.0 Å². The minimum atomic E-state index is -0.394. The van der Waals surface area contributed by atoms with Crippen molar-refractivity contribution in [2.75, 3.05) is 0 Å². The molecule has 3 rings (SSSR count). The topological polar surface area (TPSA) is 68.9 Å². The fraction of sp³-hybridized carbons (Fsp3) is 0.0714. The zero-order valence-corrected chi connectivity index (χ0v) is 10.9. The number of carbonyl (C=O) groups excluding carboxylic acids is 1. The Morgan fingerprint density at radius 2 is 2.00 bits per heavy atom. The van der Waals surface area contributed by atoms with Crippen molar-refractivity contribution in [3.8, 4) is 0 Å². The molecule has 1 amide bonds. The van der Waals surface area contributed by atoms with Crippen molar-refractivity contribution < 1.29 is 4.79 Å². The van der Waals surface area contributed by atoms with Gasteiger partial charge < -0.3 is 5.73 Å². The highest BCUT2D eigenvalue weighted by Gasteiger charge is 2.10. The summed E-state index contributed by atoms with van der Waals surface area (Å²) < 4.78 is 0.931. The molecule has 3 aromatic rings. The highest BCUT2D eigenvalue weighted by Crippen LogP contribution is 2.29. The molecule has 0 bridgehead atoms. The number of hydrogen-bond donors (Lipinski definition) is 1.